The summed E-state index contributed by atoms with van der Waals surface area (Å²) in [6.07, 6.45) is 4.40. The van der Waals surface area contributed by atoms with Crippen molar-refractivity contribution in [3.8, 4) is 0 Å². The highest BCUT2D eigenvalue weighted by atomic mass is 32.2. The quantitative estimate of drug-likeness (QED) is 0.863. The Labute approximate surface area is 105 Å². The lowest BCUT2D eigenvalue weighted by molar-refractivity contribution is 0.676. The van der Waals surface area contributed by atoms with Crippen molar-refractivity contribution >= 4 is 11.8 Å². The van der Waals surface area contributed by atoms with Gasteiger partial charge in [0, 0.05) is 31.0 Å². The van der Waals surface area contributed by atoms with Gasteiger partial charge in [-0.25, -0.2) is 4.98 Å². The van der Waals surface area contributed by atoms with Crippen LogP contribution >= 0.6 is 11.8 Å². The van der Waals surface area contributed by atoms with E-state index in [0.717, 1.165) is 22.3 Å². The first-order valence-corrected chi connectivity index (χ1v) is 6.35. The average molecular weight is 251 g/mol. The number of imidazole rings is 1. The summed E-state index contributed by atoms with van der Waals surface area (Å²) in [7, 11) is 1.95. The minimum absolute atomic E-state index is 0.133. The van der Waals surface area contributed by atoms with Crippen LogP contribution in [0.4, 0.5) is 0 Å². The fourth-order valence-electron chi connectivity index (χ4n) is 1.76. The molecule has 0 bridgehead atoms. The van der Waals surface area contributed by atoms with Crippen molar-refractivity contribution in [3.63, 3.8) is 0 Å². The lowest BCUT2D eigenvalue weighted by Gasteiger charge is -2.07. The number of nitrogens with zero attached hydrogens (tertiary/aromatic N) is 3. The van der Waals surface area contributed by atoms with Crippen LogP contribution in [0.15, 0.2) is 22.6 Å². The molecule has 0 saturated heterocycles. The summed E-state index contributed by atoms with van der Waals surface area (Å²) in [6.45, 7) is 4.03. The molecule has 5 nitrogen and oxygen atoms in total. The summed E-state index contributed by atoms with van der Waals surface area (Å²) in [5.74, 6) is 0. The second kappa shape index (κ2) is 4.93. The Morgan fingerprint density at radius 1 is 1.59 bits per heavy atom. The number of nitrogens with one attached hydrogen (secondary N) is 1. The van der Waals surface area contributed by atoms with Crippen LogP contribution in [0, 0.1) is 6.92 Å². The lowest BCUT2D eigenvalue weighted by Crippen LogP contribution is -2.18. The molecule has 0 amide bonds. The fraction of sp³-hybridized carbons (Fsp3) is 0.455. The van der Waals surface area contributed by atoms with E-state index in [1.165, 1.54) is 5.56 Å². The van der Waals surface area contributed by atoms with Gasteiger partial charge in [-0.1, -0.05) is 0 Å². The third-order valence-electron chi connectivity index (χ3n) is 2.48. The molecule has 0 fully saturated rings. The number of hydrogen-bond acceptors (Lipinski definition) is 4. The van der Waals surface area contributed by atoms with Gasteiger partial charge in [-0.15, -0.1) is 0 Å². The molecule has 92 valence electrons. The van der Waals surface area contributed by atoms with Gasteiger partial charge in [-0.2, -0.15) is 5.10 Å². The smallest absolute Gasteiger partial charge is 0.171 e. The zero-order valence-corrected chi connectivity index (χ0v) is 11.1. The van der Waals surface area contributed by atoms with Crippen LogP contribution in [0.2, 0.25) is 0 Å². The van der Waals surface area contributed by atoms with E-state index >= 15 is 0 Å². The molecule has 1 atom stereocenters. The predicted octanol–water partition coefficient (Wildman–Crippen LogP) is 1.49. The molecule has 2 heterocycles. The Balaban J connectivity index is 2.31. The molecule has 0 aliphatic carbocycles. The van der Waals surface area contributed by atoms with Gasteiger partial charge in [-0.05, 0) is 32.0 Å². The summed E-state index contributed by atoms with van der Waals surface area (Å²) in [5.41, 5.74) is 8.13. The molecule has 0 aliphatic rings. The number of hydrogen-bond donors (Lipinski definition) is 2. The first kappa shape index (κ1) is 12.2. The number of aromatic nitrogens is 4. The third-order valence-corrected chi connectivity index (χ3v) is 3.60. The second-order valence-corrected chi connectivity index (χ2v) is 5.15. The molecule has 2 aromatic heterocycles. The van der Waals surface area contributed by atoms with Gasteiger partial charge < -0.3 is 10.7 Å². The molecule has 2 aromatic rings. The highest BCUT2D eigenvalue weighted by Gasteiger charge is 2.16. The van der Waals surface area contributed by atoms with E-state index in [1.54, 1.807) is 18.0 Å². The van der Waals surface area contributed by atoms with Crippen LogP contribution in [-0.2, 0) is 13.5 Å². The Kier molecular flexibility index (Phi) is 3.54. The normalized spacial score (nSPS) is 12.9. The Morgan fingerprint density at radius 3 is 2.94 bits per heavy atom. The minimum atomic E-state index is 0.133. The fourth-order valence-corrected chi connectivity index (χ4v) is 2.71. The molecule has 0 saturated carbocycles. The maximum atomic E-state index is 5.88. The number of rotatable bonds is 4. The minimum Gasteiger partial charge on any atom is -0.339 e. The van der Waals surface area contributed by atoms with Crippen molar-refractivity contribution in [3.05, 3.63) is 23.7 Å². The van der Waals surface area contributed by atoms with Crippen molar-refractivity contribution in [2.75, 3.05) is 0 Å². The molecular weight excluding hydrogens is 234 g/mol. The molecule has 3 N–H and O–H groups in total. The topological polar surface area (TPSA) is 72.5 Å². The van der Waals surface area contributed by atoms with Gasteiger partial charge in [-0.3, -0.25) is 4.68 Å². The van der Waals surface area contributed by atoms with Crippen molar-refractivity contribution in [1.29, 1.82) is 0 Å². The van der Waals surface area contributed by atoms with Crippen LogP contribution in [0.25, 0.3) is 0 Å². The van der Waals surface area contributed by atoms with Crippen molar-refractivity contribution < 1.29 is 0 Å². The van der Waals surface area contributed by atoms with E-state index in [9.17, 15) is 0 Å². The Morgan fingerprint density at radius 2 is 2.35 bits per heavy atom. The zero-order chi connectivity index (χ0) is 12.4. The monoisotopic (exact) mass is 251 g/mol. The summed E-state index contributed by atoms with van der Waals surface area (Å²) in [6, 6.07) is 0.133. The summed E-state index contributed by atoms with van der Waals surface area (Å²) >= 11 is 1.59. The van der Waals surface area contributed by atoms with E-state index in [-0.39, 0.29) is 6.04 Å². The molecule has 1 unspecified atom stereocenters. The van der Waals surface area contributed by atoms with Crippen molar-refractivity contribution in [1.82, 2.24) is 19.7 Å². The van der Waals surface area contributed by atoms with Gasteiger partial charge in [0.15, 0.2) is 5.16 Å². The first-order valence-electron chi connectivity index (χ1n) is 5.53. The van der Waals surface area contributed by atoms with Crippen LogP contribution in [0.3, 0.4) is 0 Å². The van der Waals surface area contributed by atoms with Crippen LogP contribution in [0.1, 0.15) is 18.2 Å². The molecule has 0 radical (unpaired) electrons. The molecule has 6 heteroatoms. The molecule has 2 rings (SSSR count). The maximum Gasteiger partial charge on any atom is 0.171 e. The summed E-state index contributed by atoms with van der Waals surface area (Å²) in [4.78, 5) is 7.30. The van der Waals surface area contributed by atoms with E-state index in [2.05, 4.69) is 15.1 Å². The van der Waals surface area contributed by atoms with E-state index < -0.39 is 0 Å². The van der Waals surface area contributed by atoms with Gasteiger partial charge >= 0.3 is 0 Å². The molecule has 0 aliphatic heterocycles. The van der Waals surface area contributed by atoms with Gasteiger partial charge in [0.1, 0.15) is 5.03 Å². The van der Waals surface area contributed by atoms with E-state index in [4.69, 9.17) is 5.73 Å². The summed E-state index contributed by atoms with van der Waals surface area (Å²) < 4.78 is 1.89. The van der Waals surface area contributed by atoms with Crippen molar-refractivity contribution in [2.45, 2.75) is 36.5 Å². The number of H-pyrrole nitrogens is 1. The van der Waals surface area contributed by atoms with E-state index in [0.29, 0.717) is 0 Å². The number of nitrogens with two attached hydrogens (primary N) is 1. The number of aromatic amines is 1. The first-order chi connectivity index (χ1) is 8.08. The maximum absolute atomic E-state index is 5.88. The third kappa shape index (κ3) is 2.70. The second-order valence-electron chi connectivity index (χ2n) is 4.17. The highest BCUT2D eigenvalue weighted by molar-refractivity contribution is 7.99. The average Bonchev–Trinajstić information content (AvgIpc) is 2.82. The van der Waals surface area contributed by atoms with Gasteiger partial charge in [0.05, 0.1) is 5.69 Å². The van der Waals surface area contributed by atoms with Gasteiger partial charge in [0.25, 0.3) is 0 Å². The van der Waals surface area contributed by atoms with Crippen LogP contribution < -0.4 is 5.73 Å². The largest absolute Gasteiger partial charge is 0.339 e. The van der Waals surface area contributed by atoms with Crippen molar-refractivity contribution in [2.24, 2.45) is 12.8 Å². The Hall–Kier alpha value is -1.27. The molecular formula is C11H17N5S. The highest BCUT2D eigenvalue weighted by Crippen LogP contribution is 2.29. The Bertz CT molecular complexity index is 486. The summed E-state index contributed by atoms with van der Waals surface area (Å²) in [5, 5.41) is 6.42. The van der Waals surface area contributed by atoms with Gasteiger partial charge in [0.2, 0.25) is 0 Å². The molecule has 0 aromatic carbocycles. The number of aryl methyl sites for hydroxylation is 2. The van der Waals surface area contributed by atoms with Crippen LogP contribution in [-0.4, -0.2) is 25.8 Å². The SMILES string of the molecule is Cc1nn(C)c(Sc2ncc[nH]2)c1CC(C)N. The standard InChI is InChI=1S/C11H17N5S/c1-7(12)6-9-8(2)15-16(3)10(9)17-11-13-4-5-14-11/h4-5,7H,6,12H2,1-3H3,(H,13,14). The predicted molar refractivity (Wildman–Crippen MR) is 68.0 cm³/mol. The molecule has 0 spiro atoms. The molecule has 17 heavy (non-hydrogen) atoms. The lowest BCUT2D eigenvalue weighted by atomic mass is 10.1. The zero-order valence-electron chi connectivity index (χ0n) is 10.3. The van der Waals surface area contributed by atoms with Crippen LogP contribution in [0.5, 0.6) is 0 Å². The van der Waals surface area contributed by atoms with E-state index in [1.807, 2.05) is 31.8 Å².